The highest BCUT2D eigenvalue weighted by molar-refractivity contribution is 5.96. The summed E-state index contributed by atoms with van der Waals surface area (Å²) in [6.45, 7) is 9.11. The minimum Gasteiger partial charge on any atom is -0.488 e. The number of nitrogens with zero attached hydrogens (tertiary/aromatic N) is 2. The Hall–Kier alpha value is -2.86. The second kappa shape index (κ2) is 15.7. The minimum absolute atomic E-state index is 0. The van der Waals surface area contributed by atoms with Crippen LogP contribution in [0.25, 0.3) is 21.9 Å². The van der Waals surface area contributed by atoms with Gasteiger partial charge in [-0.25, -0.2) is 9.18 Å². The highest BCUT2D eigenvalue weighted by Crippen LogP contribution is 2.29. The van der Waals surface area contributed by atoms with E-state index in [1.165, 1.54) is 24.5 Å². The molecule has 0 amide bonds. The number of likely N-dealkylation sites (tertiary alicyclic amines) is 2. The Balaban J connectivity index is 0.000000238. The number of aromatic carboxylic acids is 1. The van der Waals surface area contributed by atoms with E-state index >= 15 is 0 Å². The van der Waals surface area contributed by atoms with E-state index in [1.54, 1.807) is 24.3 Å². The number of aliphatic hydroxyl groups excluding tert-OH is 1. The van der Waals surface area contributed by atoms with Gasteiger partial charge in [0.05, 0.1) is 12.4 Å². The lowest BCUT2D eigenvalue weighted by atomic mass is 9.97. The maximum absolute atomic E-state index is 13.2. The van der Waals surface area contributed by atoms with Crippen LogP contribution in [0.4, 0.5) is 4.39 Å². The topological polar surface area (TPSA) is 128 Å². The van der Waals surface area contributed by atoms with E-state index in [4.69, 9.17) is 20.0 Å². The molecule has 2 atom stereocenters. The Morgan fingerprint density at radius 1 is 1.07 bits per heavy atom. The third-order valence-corrected chi connectivity index (χ3v) is 8.16. The summed E-state index contributed by atoms with van der Waals surface area (Å²) in [6.07, 6.45) is 4.68. The number of rotatable bonds is 7. The van der Waals surface area contributed by atoms with Crippen molar-refractivity contribution in [2.45, 2.75) is 44.9 Å². The highest BCUT2D eigenvalue weighted by Gasteiger charge is 2.24. The molecule has 4 aromatic rings. The van der Waals surface area contributed by atoms with Gasteiger partial charge in [0.25, 0.3) is 0 Å². The van der Waals surface area contributed by atoms with Crippen molar-refractivity contribution in [3.8, 4) is 5.75 Å². The molecule has 2 saturated heterocycles. The molecule has 0 bridgehead atoms. The van der Waals surface area contributed by atoms with E-state index in [9.17, 15) is 14.3 Å². The SMILES string of the molecule is C[C@H]1CN(CCN2CCC(N)CC2)CC[C@@H]1O.Cl.Cl.O=C(O)c1cc2c(OCc3coc4cc(F)ccc34)cccc2[nH]1. The van der Waals surface area contributed by atoms with E-state index in [1.807, 2.05) is 0 Å². The molecule has 2 aromatic heterocycles. The molecule has 6 rings (SSSR count). The molecule has 0 aliphatic carbocycles. The Kier molecular flexibility index (Phi) is 12.7. The van der Waals surface area contributed by atoms with E-state index in [2.05, 4.69) is 21.7 Å². The van der Waals surface area contributed by atoms with Crippen molar-refractivity contribution < 1.29 is 28.6 Å². The number of piperidine rings is 2. The molecule has 0 radical (unpaired) electrons. The number of hydrogen-bond donors (Lipinski definition) is 4. The average Bonchev–Trinajstić information content (AvgIpc) is 3.58. The van der Waals surface area contributed by atoms with Crippen molar-refractivity contribution in [1.82, 2.24) is 14.8 Å². The predicted molar refractivity (Wildman–Crippen MR) is 170 cm³/mol. The number of carbonyl (C=O) groups is 1. The number of hydrogen-bond acceptors (Lipinski definition) is 7. The fourth-order valence-electron chi connectivity index (χ4n) is 5.57. The lowest BCUT2D eigenvalue weighted by Gasteiger charge is -2.36. The van der Waals surface area contributed by atoms with Crippen LogP contribution in [0, 0.1) is 11.7 Å². The van der Waals surface area contributed by atoms with Crippen LogP contribution < -0.4 is 10.5 Å². The number of aromatic amines is 1. The number of furan rings is 1. The number of halogens is 3. The Bertz CT molecular complexity index is 1470. The molecule has 9 nitrogen and oxygen atoms in total. The summed E-state index contributed by atoms with van der Waals surface area (Å²) < 4.78 is 24.4. The number of carboxylic acids is 1. The van der Waals surface area contributed by atoms with Crippen LogP contribution in [0.1, 0.15) is 42.2 Å². The summed E-state index contributed by atoms with van der Waals surface area (Å²) >= 11 is 0. The van der Waals surface area contributed by atoms with Crippen LogP contribution in [0.2, 0.25) is 0 Å². The van der Waals surface area contributed by atoms with Crippen LogP contribution in [0.5, 0.6) is 5.75 Å². The molecule has 2 aliphatic heterocycles. The first kappa shape index (κ1) is 34.6. The quantitative estimate of drug-likeness (QED) is 0.215. The van der Waals surface area contributed by atoms with Crippen molar-refractivity contribution in [2.75, 3.05) is 39.3 Å². The fourth-order valence-corrected chi connectivity index (χ4v) is 5.57. The van der Waals surface area contributed by atoms with E-state index in [0.717, 1.165) is 69.5 Å². The van der Waals surface area contributed by atoms with Gasteiger partial charge in [-0.15, -0.1) is 24.8 Å². The molecule has 0 saturated carbocycles. The minimum atomic E-state index is -1.03. The molecule has 2 aliphatic rings. The number of fused-ring (bicyclic) bond motifs is 2. The third kappa shape index (κ3) is 8.84. The van der Waals surface area contributed by atoms with Gasteiger partial charge in [-0.3, -0.25) is 0 Å². The van der Waals surface area contributed by atoms with Gasteiger partial charge in [-0.2, -0.15) is 0 Å². The van der Waals surface area contributed by atoms with Crippen molar-refractivity contribution in [2.24, 2.45) is 11.7 Å². The molecule has 0 spiro atoms. The zero-order valence-corrected chi connectivity index (χ0v) is 25.8. The van der Waals surface area contributed by atoms with Crippen molar-refractivity contribution in [1.29, 1.82) is 0 Å². The standard InChI is InChI=1S/C18H12FNO4.C13H27N3O.2ClH/c19-11-4-5-12-10(9-24-17(12)6-11)8-23-16-3-1-2-14-13(16)7-15(20-14)18(21)22;1-11-10-16(7-4-13(11)17)9-8-15-5-2-12(14)3-6-15;;/h1-7,9,20H,8H2,(H,21,22);11-13,17H,2-10,14H2,1H3;2*1H/t;11-,13-;;/m.0../s1. The number of ether oxygens (including phenoxy) is 1. The van der Waals surface area contributed by atoms with Gasteiger partial charge >= 0.3 is 5.97 Å². The number of nitrogens with one attached hydrogen (secondary N) is 1. The molecule has 5 N–H and O–H groups in total. The van der Waals surface area contributed by atoms with Gasteiger partial charge < -0.3 is 39.9 Å². The van der Waals surface area contributed by atoms with Crippen molar-refractivity contribution in [3.05, 3.63) is 65.8 Å². The first-order valence-electron chi connectivity index (χ1n) is 14.3. The zero-order chi connectivity index (χ0) is 28.9. The summed E-state index contributed by atoms with van der Waals surface area (Å²) in [6, 6.07) is 11.6. The zero-order valence-electron chi connectivity index (χ0n) is 24.2. The number of aromatic nitrogens is 1. The summed E-state index contributed by atoms with van der Waals surface area (Å²) in [5.74, 6) is -0.395. The Morgan fingerprint density at radius 3 is 2.51 bits per heavy atom. The summed E-state index contributed by atoms with van der Waals surface area (Å²) in [5, 5.41) is 20.2. The monoisotopic (exact) mass is 638 g/mol. The maximum atomic E-state index is 13.2. The molecular formula is C31H41Cl2FN4O5. The Morgan fingerprint density at radius 2 is 1.79 bits per heavy atom. The van der Waals surface area contributed by atoms with Gasteiger partial charge in [-0.05, 0) is 68.6 Å². The molecule has 43 heavy (non-hydrogen) atoms. The fraction of sp³-hybridized carbons (Fsp3) is 0.452. The summed E-state index contributed by atoms with van der Waals surface area (Å²) in [4.78, 5) is 18.9. The molecule has 2 fully saturated rings. The van der Waals surface area contributed by atoms with Crippen LogP contribution in [-0.4, -0.2) is 82.4 Å². The van der Waals surface area contributed by atoms with Gasteiger partial charge in [-0.1, -0.05) is 13.0 Å². The summed E-state index contributed by atoms with van der Waals surface area (Å²) in [7, 11) is 0. The van der Waals surface area contributed by atoms with Crippen LogP contribution in [0.15, 0.2) is 53.1 Å². The number of carboxylic acid groups (broad SMARTS) is 1. The number of nitrogens with two attached hydrogens (primary N) is 1. The van der Waals surface area contributed by atoms with Crippen LogP contribution >= 0.6 is 24.8 Å². The van der Waals surface area contributed by atoms with Crippen molar-refractivity contribution in [3.63, 3.8) is 0 Å². The van der Waals surface area contributed by atoms with Gasteiger partial charge in [0.15, 0.2) is 0 Å². The first-order chi connectivity index (χ1) is 19.8. The smallest absolute Gasteiger partial charge is 0.352 e. The molecule has 12 heteroatoms. The predicted octanol–water partition coefficient (Wildman–Crippen LogP) is 5.29. The Labute approximate surface area is 263 Å². The van der Waals surface area contributed by atoms with Gasteiger partial charge in [0, 0.05) is 60.1 Å². The second-order valence-corrected chi connectivity index (χ2v) is 11.2. The van der Waals surface area contributed by atoms with E-state index < -0.39 is 5.97 Å². The number of benzene rings is 2. The first-order valence-corrected chi connectivity index (χ1v) is 14.3. The van der Waals surface area contributed by atoms with E-state index in [-0.39, 0.29) is 49.0 Å². The molecule has 236 valence electrons. The van der Waals surface area contributed by atoms with E-state index in [0.29, 0.717) is 34.2 Å². The normalized spacial score (nSPS) is 19.7. The van der Waals surface area contributed by atoms with Gasteiger partial charge in [0.1, 0.15) is 29.5 Å². The summed E-state index contributed by atoms with van der Waals surface area (Å²) in [5.41, 5.74) is 7.94. The highest BCUT2D eigenvalue weighted by atomic mass is 35.5. The maximum Gasteiger partial charge on any atom is 0.352 e. The number of aliphatic hydroxyl groups is 1. The van der Waals surface area contributed by atoms with Crippen LogP contribution in [-0.2, 0) is 6.61 Å². The lowest BCUT2D eigenvalue weighted by molar-refractivity contribution is 0.0304. The largest absolute Gasteiger partial charge is 0.488 e. The molecule has 2 aromatic carbocycles. The molecule has 4 heterocycles. The average molecular weight is 640 g/mol. The molecule has 0 unspecified atom stereocenters. The second-order valence-electron chi connectivity index (χ2n) is 11.2. The third-order valence-electron chi connectivity index (χ3n) is 8.16. The van der Waals surface area contributed by atoms with Crippen LogP contribution in [0.3, 0.4) is 0 Å². The lowest BCUT2D eigenvalue weighted by Crippen LogP contribution is -2.47. The van der Waals surface area contributed by atoms with Gasteiger partial charge in [0.2, 0.25) is 0 Å². The molecular weight excluding hydrogens is 598 g/mol. The number of H-pyrrole nitrogens is 1. The van der Waals surface area contributed by atoms with Crippen molar-refractivity contribution >= 4 is 52.7 Å².